The van der Waals surface area contributed by atoms with E-state index in [0.29, 0.717) is 28.3 Å². The Morgan fingerprint density at radius 1 is 1.48 bits per heavy atom. The van der Waals surface area contributed by atoms with Crippen LogP contribution in [0.2, 0.25) is 0 Å². The van der Waals surface area contributed by atoms with Crippen LogP contribution in [0.15, 0.2) is 6.07 Å². The molecule has 1 aliphatic heterocycles. The van der Waals surface area contributed by atoms with Gasteiger partial charge in [-0.15, -0.1) is 0 Å². The van der Waals surface area contributed by atoms with E-state index in [1.165, 1.54) is 6.07 Å². The van der Waals surface area contributed by atoms with Gasteiger partial charge in [-0.05, 0) is 49.4 Å². The van der Waals surface area contributed by atoms with Crippen LogP contribution in [-0.4, -0.2) is 38.6 Å². The number of fused-ring (bicyclic) bond motifs is 1. The summed E-state index contributed by atoms with van der Waals surface area (Å²) in [6.07, 6.45) is 3.96. The first-order valence-electron chi connectivity index (χ1n) is 8.43. The van der Waals surface area contributed by atoms with Crippen LogP contribution < -0.4 is 14.3 Å². The zero-order valence-electron chi connectivity index (χ0n) is 14.0. The van der Waals surface area contributed by atoms with E-state index in [9.17, 15) is 18.3 Å². The highest BCUT2D eigenvalue weighted by molar-refractivity contribution is 7.92. The number of hydrogen-bond acceptors (Lipinski definition) is 5. The Morgan fingerprint density at radius 2 is 2.24 bits per heavy atom. The second kappa shape index (κ2) is 6.80. The van der Waals surface area contributed by atoms with E-state index in [4.69, 9.17) is 0 Å². The van der Waals surface area contributed by atoms with Crippen molar-refractivity contribution in [1.29, 1.82) is 0 Å². The first kappa shape index (κ1) is 17.9. The van der Waals surface area contributed by atoms with E-state index in [1.807, 2.05) is 0 Å². The minimum Gasteiger partial charge on any atom is -0.506 e. The number of nitrogens with zero attached hydrogens (tertiary/aromatic N) is 1. The van der Waals surface area contributed by atoms with Crippen molar-refractivity contribution < 1.29 is 22.7 Å². The molecule has 1 aromatic rings. The van der Waals surface area contributed by atoms with Gasteiger partial charge in [-0.25, -0.2) is 13.4 Å². The highest BCUT2D eigenvalue weighted by Gasteiger charge is 2.39. The molecule has 0 spiro atoms. The zero-order valence-corrected chi connectivity index (χ0v) is 14.8. The SMILES string of the molecule is CCCCN[C@@H]1CCc2cc(O)c(N3CC(=O)NS3(=O)=O)c(F)c2C1. The van der Waals surface area contributed by atoms with E-state index < -0.39 is 39.9 Å². The largest absolute Gasteiger partial charge is 0.506 e. The summed E-state index contributed by atoms with van der Waals surface area (Å²) in [5, 5.41) is 13.6. The summed E-state index contributed by atoms with van der Waals surface area (Å²) < 4.78 is 41.4. The molecule has 0 bridgehead atoms. The van der Waals surface area contributed by atoms with Crippen LogP contribution in [-0.2, 0) is 27.8 Å². The van der Waals surface area contributed by atoms with E-state index in [2.05, 4.69) is 12.2 Å². The number of hydrogen-bond donors (Lipinski definition) is 3. The fraction of sp³-hybridized carbons (Fsp3) is 0.562. The first-order chi connectivity index (χ1) is 11.8. The number of halogens is 1. The number of phenolic OH excluding ortho intramolecular Hbond substituents is 1. The Kier molecular flexibility index (Phi) is 4.88. The van der Waals surface area contributed by atoms with Gasteiger partial charge >= 0.3 is 10.2 Å². The van der Waals surface area contributed by atoms with Crippen LogP contribution in [0.25, 0.3) is 0 Å². The quantitative estimate of drug-likeness (QED) is 0.670. The maximum Gasteiger partial charge on any atom is 0.326 e. The molecular formula is C16H22FN3O4S. The number of benzene rings is 1. The number of unbranched alkanes of at least 4 members (excludes halogenated alkanes) is 1. The van der Waals surface area contributed by atoms with Crippen molar-refractivity contribution in [2.24, 2.45) is 0 Å². The maximum absolute atomic E-state index is 15.1. The standard InChI is InChI=1S/C16H22FN3O4S/c1-2-3-6-18-11-5-4-10-7-13(21)16(15(17)12(10)8-11)20-9-14(22)19-25(20,23)24/h7,11,18,21H,2-6,8-9H2,1H3,(H,19,22)/t11-/m1/s1. The molecule has 0 unspecified atom stereocenters. The third-order valence-electron chi connectivity index (χ3n) is 4.66. The van der Waals surface area contributed by atoms with Gasteiger partial charge in [0.1, 0.15) is 18.0 Å². The Hall–Kier alpha value is -1.87. The normalized spacial score (nSPS) is 21.9. The number of aryl methyl sites for hydroxylation is 1. The van der Waals surface area contributed by atoms with Crippen LogP contribution in [0, 0.1) is 5.82 Å². The summed E-state index contributed by atoms with van der Waals surface area (Å²) in [7, 11) is -4.17. The summed E-state index contributed by atoms with van der Waals surface area (Å²) in [6.45, 7) is 2.41. The third-order valence-corrected chi connectivity index (χ3v) is 6.04. The lowest BCUT2D eigenvalue weighted by Crippen LogP contribution is -2.36. The van der Waals surface area contributed by atoms with E-state index in [0.717, 1.165) is 25.8 Å². The first-order valence-corrected chi connectivity index (χ1v) is 9.87. The number of carbonyl (C=O) groups is 1. The monoisotopic (exact) mass is 371 g/mol. The predicted molar refractivity (Wildman–Crippen MR) is 91.2 cm³/mol. The molecule has 1 saturated heterocycles. The minimum absolute atomic E-state index is 0.112. The van der Waals surface area contributed by atoms with Gasteiger partial charge in [0.05, 0.1) is 0 Å². The lowest BCUT2D eigenvalue weighted by molar-refractivity contribution is -0.117. The summed E-state index contributed by atoms with van der Waals surface area (Å²) in [4.78, 5) is 11.4. The second-order valence-electron chi connectivity index (χ2n) is 6.48. The molecule has 3 rings (SSSR count). The van der Waals surface area contributed by atoms with Crippen molar-refractivity contribution in [2.75, 3.05) is 17.4 Å². The molecule has 1 fully saturated rings. The molecule has 25 heavy (non-hydrogen) atoms. The number of anilines is 1. The lowest BCUT2D eigenvalue weighted by atomic mass is 9.87. The number of phenols is 1. The molecule has 0 saturated carbocycles. The van der Waals surface area contributed by atoms with Crippen LogP contribution >= 0.6 is 0 Å². The lowest BCUT2D eigenvalue weighted by Gasteiger charge is -2.28. The average Bonchev–Trinajstić information content (AvgIpc) is 2.81. The van der Waals surface area contributed by atoms with Crippen LogP contribution in [0.4, 0.5) is 10.1 Å². The second-order valence-corrected chi connectivity index (χ2v) is 8.08. The van der Waals surface area contributed by atoms with Gasteiger partial charge in [0.2, 0.25) is 0 Å². The third kappa shape index (κ3) is 3.43. The predicted octanol–water partition coefficient (Wildman–Crippen LogP) is 0.959. The Bertz CT molecular complexity index is 797. The van der Waals surface area contributed by atoms with E-state index in [1.54, 1.807) is 4.72 Å². The molecular weight excluding hydrogens is 349 g/mol. The van der Waals surface area contributed by atoms with Gasteiger partial charge in [-0.3, -0.25) is 4.79 Å². The molecule has 1 aliphatic carbocycles. The fourth-order valence-electron chi connectivity index (χ4n) is 3.38. The van der Waals surface area contributed by atoms with Crippen LogP contribution in [0.5, 0.6) is 5.75 Å². The van der Waals surface area contributed by atoms with Gasteiger partial charge in [-0.1, -0.05) is 13.3 Å². The minimum atomic E-state index is -4.17. The number of nitrogens with one attached hydrogen (secondary N) is 2. The molecule has 1 amide bonds. The summed E-state index contributed by atoms with van der Waals surface area (Å²) in [5.74, 6) is -1.98. The van der Waals surface area contributed by atoms with Crippen LogP contribution in [0.3, 0.4) is 0 Å². The average molecular weight is 371 g/mol. The summed E-state index contributed by atoms with van der Waals surface area (Å²) in [6, 6.07) is 1.52. The van der Waals surface area contributed by atoms with Gasteiger partial charge in [-0.2, -0.15) is 8.42 Å². The fourth-order valence-corrected chi connectivity index (χ4v) is 4.54. The van der Waals surface area contributed by atoms with Crippen molar-refractivity contribution in [3.05, 3.63) is 23.0 Å². The summed E-state index contributed by atoms with van der Waals surface area (Å²) in [5.41, 5.74) is 0.636. The van der Waals surface area contributed by atoms with E-state index >= 15 is 4.39 Å². The van der Waals surface area contributed by atoms with E-state index in [-0.39, 0.29) is 6.04 Å². The highest BCUT2D eigenvalue weighted by atomic mass is 32.2. The van der Waals surface area contributed by atoms with Crippen molar-refractivity contribution in [3.63, 3.8) is 0 Å². The topological polar surface area (TPSA) is 98.7 Å². The maximum atomic E-state index is 15.1. The van der Waals surface area contributed by atoms with Crippen LogP contribution in [0.1, 0.15) is 37.3 Å². The summed E-state index contributed by atoms with van der Waals surface area (Å²) >= 11 is 0. The molecule has 7 nitrogen and oxygen atoms in total. The van der Waals surface area contributed by atoms with Gasteiger partial charge < -0.3 is 10.4 Å². The molecule has 1 heterocycles. The van der Waals surface area contributed by atoms with Crippen molar-refractivity contribution >= 4 is 21.8 Å². The Balaban J connectivity index is 1.93. The molecule has 1 atom stereocenters. The number of carbonyl (C=O) groups excluding carboxylic acids is 1. The molecule has 1 aromatic carbocycles. The smallest absolute Gasteiger partial charge is 0.326 e. The highest BCUT2D eigenvalue weighted by Crippen LogP contribution is 2.39. The van der Waals surface area contributed by atoms with Crippen molar-refractivity contribution in [1.82, 2.24) is 10.0 Å². The molecule has 9 heteroatoms. The zero-order chi connectivity index (χ0) is 18.2. The Morgan fingerprint density at radius 3 is 2.88 bits per heavy atom. The number of amides is 1. The van der Waals surface area contributed by atoms with Gasteiger partial charge in [0, 0.05) is 6.04 Å². The molecule has 0 radical (unpaired) electrons. The number of aromatic hydroxyl groups is 1. The Labute approximate surface area is 146 Å². The molecule has 2 aliphatic rings. The molecule has 3 N–H and O–H groups in total. The van der Waals surface area contributed by atoms with Gasteiger partial charge in [0.15, 0.2) is 5.82 Å². The molecule has 0 aromatic heterocycles. The van der Waals surface area contributed by atoms with Gasteiger partial charge in [0.25, 0.3) is 5.91 Å². The molecule has 138 valence electrons. The van der Waals surface area contributed by atoms with Crippen molar-refractivity contribution in [3.8, 4) is 5.75 Å². The number of rotatable bonds is 5. The van der Waals surface area contributed by atoms with Crippen molar-refractivity contribution in [2.45, 2.75) is 45.1 Å².